The fourth-order valence-corrected chi connectivity index (χ4v) is 4.44. The number of aromatic amines is 1. The third kappa shape index (κ3) is 6.15. The van der Waals surface area contributed by atoms with Crippen molar-refractivity contribution in [1.29, 1.82) is 0 Å². The standard InChI is InChI=1S/C26H27ClFN5O4/c1-16(24(35)31-22-9-8-19(13-29-22)37-18-6-4-17(28)5-7-18)32-10-11-33(26(2,3)15-32)25(36)20-14-30-23(34)12-21(20)27/h4-9,12-14,16H,10-11,15H2,1-3H3,(H,30,34)(H,29,31,35)/t16-/m0/s1. The van der Waals surface area contributed by atoms with E-state index < -0.39 is 11.6 Å². The minimum Gasteiger partial charge on any atom is -0.456 e. The van der Waals surface area contributed by atoms with Crippen molar-refractivity contribution in [2.75, 3.05) is 25.0 Å². The van der Waals surface area contributed by atoms with E-state index in [1.807, 2.05) is 18.7 Å². The van der Waals surface area contributed by atoms with Crippen LogP contribution in [0.15, 0.2) is 59.7 Å². The van der Waals surface area contributed by atoms with Crippen LogP contribution in [-0.4, -0.2) is 62.8 Å². The zero-order chi connectivity index (χ0) is 26.7. The van der Waals surface area contributed by atoms with Gasteiger partial charge in [0.25, 0.3) is 5.91 Å². The van der Waals surface area contributed by atoms with Gasteiger partial charge in [0.15, 0.2) is 0 Å². The van der Waals surface area contributed by atoms with Crippen molar-refractivity contribution in [1.82, 2.24) is 19.8 Å². The number of rotatable bonds is 6. The van der Waals surface area contributed by atoms with Crippen LogP contribution < -0.4 is 15.6 Å². The first-order chi connectivity index (χ1) is 17.5. The van der Waals surface area contributed by atoms with Crippen LogP contribution in [0.25, 0.3) is 0 Å². The zero-order valence-electron chi connectivity index (χ0n) is 20.6. The second-order valence-corrected chi connectivity index (χ2v) is 9.81. The number of carbonyl (C=O) groups is 2. The molecule has 194 valence electrons. The minimum atomic E-state index is -0.596. The van der Waals surface area contributed by atoms with E-state index in [1.54, 1.807) is 24.0 Å². The van der Waals surface area contributed by atoms with E-state index in [9.17, 15) is 18.8 Å². The van der Waals surface area contributed by atoms with Gasteiger partial charge >= 0.3 is 0 Å². The summed E-state index contributed by atoms with van der Waals surface area (Å²) < 4.78 is 18.7. The molecule has 2 aromatic heterocycles. The number of nitrogens with one attached hydrogen (secondary N) is 2. The molecule has 4 rings (SSSR count). The number of aromatic nitrogens is 2. The van der Waals surface area contributed by atoms with Gasteiger partial charge in [-0.25, -0.2) is 9.37 Å². The first-order valence-electron chi connectivity index (χ1n) is 11.7. The number of ether oxygens (including phenoxy) is 1. The number of carbonyl (C=O) groups excluding carboxylic acids is 2. The molecule has 1 fully saturated rings. The number of amides is 2. The lowest BCUT2D eigenvalue weighted by Crippen LogP contribution is -2.63. The summed E-state index contributed by atoms with van der Waals surface area (Å²) in [5, 5.41) is 2.91. The molecule has 2 N–H and O–H groups in total. The van der Waals surface area contributed by atoms with Crippen molar-refractivity contribution in [3.63, 3.8) is 0 Å². The van der Waals surface area contributed by atoms with Gasteiger partial charge in [-0.15, -0.1) is 0 Å². The highest BCUT2D eigenvalue weighted by Gasteiger charge is 2.40. The predicted molar refractivity (Wildman–Crippen MR) is 138 cm³/mol. The molecule has 9 nitrogen and oxygen atoms in total. The SMILES string of the molecule is C[C@@H](C(=O)Nc1ccc(Oc2ccc(F)cc2)cn1)N1CCN(C(=O)c2c[nH]c(=O)cc2Cl)C(C)(C)C1. The Labute approximate surface area is 218 Å². The van der Waals surface area contributed by atoms with E-state index in [0.29, 0.717) is 37.0 Å². The van der Waals surface area contributed by atoms with E-state index in [-0.39, 0.29) is 33.8 Å². The molecular weight excluding hydrogens is 501 g/mol. The maximum atomic E-state index is 13.1. The quantitative estimate of drug-likeness (QED) is 0.503. The predicted octanol–water partition coefficient (Wildman–Crippen LogP) is 3.92. The van der Waals surface area contributed by atoms with Gasteiger partial charge < -0.3 is 19.9 Å². The molecule has 3 heterocycles. The van der Waals surface area contributed by atoms with Crippen LogP contribution in [0.2, 0.25) is 5.02 Å². The van der Waals surface area contributed by atoms with E-state index >= 15 is 0 Å². The Balaban J connectivity index is 1.36. The van der Waals surface area contributed by atoms with Crippen LogP contribution in [0.1, 0.15) is 31.1 Å². The summed E-state index contributed by atoms with van der Waals surface area (Å²) >= 11 is 6.13. The Bertz CT molecular complexity index is 1340. The first kappa shape index (κ1) is 26.3. The Hall–Kier alpha value is -3.76. The molecule has 11 heteroatoms. The Morgan fingerprint density at radius 1 is 1.16 bits per heavy atom. The topological polar surface area (TPSA) is 108 Å². The molecule has 1 atom stereocenters. The molecule has 1 aliphatic rings. The van der Waals surface area contributed by atoms with E-state index in [2.05, 4.69) is 15.3 Å². The molecule has 0 spiro atoms. The number of nitrogens with zero attached hydrogens (tertiary/aromatic N) is 3. The minimum absolute atomic E-state index is 0.0984. The molecule has 0 radical (unpaired) electrons. The van der Waals surface area contributed by atoms with Gasteiger partial charge in [-0.2, -0.15) is 0 Å². The highest BCUT2D eigenvalue weighted by Crippen LogP contribution is 2.27. The normalized spacial score (nSPS) is 16.2. The Kier molecular flexibility index (Phi) is 7.60. The van der Waals surface area contributed by atoms with Gasteiger partial charge in [-0.05, 0) is 57.2 Å². The number of hydrogen-bond acceptors (Lipinski definition) is 6. The molecule has 37 heavy (non-hydrogen) atoms. The molecule has 1 aromatic carbocycles. The lowest BCUT2D eigenvalue weighted by Gasteiger charge is -2.48. The number of halogens is 2. The number of hydrogen-bond donors (Lipinski definition) is 2. The van der Waals surface area contributed by atoms with Crippen molar-refractivity contribution in [2.24, 2.45) is 0 Å². The molecule has 0 aliphatic carbocycles. The van der Waals surface area contributed by atoms with Crippen LogP contribution in [-0.2, 0) is 4.79 Å². The molecule has 0 saturated carbocycles. The number of anilines is 1. The van der Waals surface area contributed by atoms with Crippen molar-refractivity contribution in [3.05, 3.63) is 81.6 Å². The van der Waals surface area contributed by atoms with Gasteiger partial charge in [-0.1, -0.05) is 11.6 Å². The van der Waals surface area contributed by atoms with Gasteiger partial charge in [0.05, 0.1) is 28.4 Å². The van der Waals surface area contributed by atoms with Crippen molar-refractivity contribution >= 4 is 29.2 Å². The van der Waals surface area contributed by atoms with E-state index in [1.165, 1.54) is 42.7 Å². The number of benzene rings is 1. The smallest absolute Gasteiger partial charge is 0.257 e. The summed E-state index contributed by atoms with van der Waals surface area (Å²) in [6, 6.07) is 9.60. The number of H-pyrrole nitrogens is 1. The summed E-state index contributed by atoms with van der Waals surface area (Å²) in [4.78, 5) is 48.0. The molecule has 2 amide bonds. The average Bonchev–Trinajstić information content (AvgIpc) is 2.85. The molecular formula is C26H27ClFN5O4. The van der Waals surface area contributed by atoms with Crippen LogP contribution in [0.4, 0.5) is 10.2 Å². The van der Waals surface area contributed by atoms with Crippen LogP contribution in [0, 0.1) is 5.82 Å². The maximum Gasteiger partial charge on any atom is 0.257 e. The summed E-state index contributed by atoms with van der Waals surface area (Å²) in [6.07, 6.45) is 2.80. The molecule has 0 unspecified atom stereocenters. The van der Waals surface area contributed by atoms with Gasteiger partial charge in [-0.3, -0.25) is 19.3 Å². The summed E-state index contributed by atoms with van der Waals surface area (Å²) in [5.74, 6) is 0.407. The van der Waals surface area contributed by atoms with Gasteiger partial charge in [0.1, 0.15) is 23.1 Å². The summed E-state index contributed by atoms with van der Waals surface area (Å²) in [5.41, 5.74) is -0.748. The number of piperazine rings is 1. The summed E-state index contributed by atoms with van der Waals surface area (Å²) in [6.45, 7) is 6.94. The van der Waals surface area contributed by atoms with Crippen LogP contribution in [0.5, 0.6) is 11.5 Å². The largest absolute Gasteiger partial charge is 0.456 e. The lowest BCUT2D eigenvalue weighted by molar-refractivity contribution is -0.122. The van der Waals surface area contributed by atoms with Crippen molar-refractivity contribution in [3.8, 4) is 11.5 Å². The maximum absolute atomic E-state index is 13.1. The fraction of sp³-hybridized carbons (Fsp3) is 0.308. The van der Waals surface area contributed by atoms with Crippen LogP contribution in [0.3, 0.4) is 0 Å². The lowest BCUT2D eigenvalue weighted by atomic mass is 9.96. The van der Waals surface area contributed by atoms with Crippen LogP contribution >= 0.6 is 11.6 Å². The highest BCUT2D eigenvalue weighted by atomic mass is 35.5. The van der Waals surface area contributed by atoms with Gasteiger partial charge in [0, 0.05) is 31.9 Å². The Morgan fingerprint density at radius 3 is 2.49 bits per heavy atom. The van der Waals surface area contributed by atoms with Gasteiger partial charge in [0.2, 0.25) is 11.5 Å². The average molecular weight is 528 g/mol. The second-order valence-electron chi connectivity index (χ2n) is 9.40. The zero-order valence-corrected chi connectivity index (χ0v) is 21.4. The molecule has 1 saturated heterocycles. The van der Waals surface area contributed by atoms with Crippen molar-refractivity contribution in [2.45, 2.75) is 32.4 Å². The molecule has 3 aromatic rings. The third-order valence-corrected chi connectivity index (χ3v) is 6.56. The monoisotopic (exact) mass is 527 g/mol. The Morgan fingerprint density at radius 2 is 1.86 bits per heavy atom. The highest BCUT2D eigenvalue weighted by molar-refractivity contribution is 6.33. The first-order valence-corrected chi connectivity index (χ1v) is 12.1. The van der Waals surface area contributed by atoms with E-state index in [0.717, 1.165) is 0 Å². The fourth-order valence-electron chi connectivity index (χ4n) is 4.21. The second kappa shape index (κ2) is 10.7. The van der Waals surface area contributed by atoms with E-state index in [4.69, 9.17) is 16.3 Å². The molecule has 0 bridgehead atoms. The van der Waals surface area contributed by atoms with Crippen molar-refractivity contribution < 1.29 is 18.7 Å². The summed E-state index contributed by atoms with van der Waals surface area (Å²) in [7, 11) is 0. The third-order valence-electron chi connectivity index (χ3n) is 6.25. The molecule has 1 aliphatic heterocycles. The number of pyridine rings is 2.